The van der Waals surface area contributed by atoms with Crippen LogP contribution in [0.3, 0.4) is 0 Å². The van der Waals surface area contributed by atoms with Crippen LogP contribution in [-0.2, 0) is 19.0 Å². The van der Waals surface area contributed by atoms with Gasteiger partial charge in [0.2, 0.25) is 0 Å². The fraction of sp³-hybridized carbons (Fsp3) is 0.733. The molecular formula is C30H52N6O8. The highest BCUT2D eigenvalue weighted by atomic mass is 16.6. The number of carbonyl (C=O) groups excluding carboxylic acids is 5. The minimum absolute atomic E-state index is 0.0291. The number of carbonyl (C=O) groups is 5. The molecule has 0 saturated heterocycles. The summed E-state index contributed by atoms with van der Waals surface area (Å²) in [4.78, 5) is 69.0. The van der Waals surface area contributed by atoms with Crippen LogP contribution in [-0.4, -0.2) is 82.4 Å². The predicted octanol–water partition coefficient (Wildman–Crippen LogP) is 3.97. The molecule has 0 aliphatic carbocycles. The van der Waals surface area contributed by atoms with Gasteiger partial charge in [0.05, 0.1) is 6.33 Å². The van der Waals surface area contributed by atoms with Gasteiger partial charge < -0.3 is 40.5 Å². The molecule has 4 amide bonds. The number of rotatable bonds is 15. The molecule has 44 heavy (non-hydrogen) atoms. The number of hydrogen-bond donors (Lipinski definition) is 5. The maximum absolute atomic E-state index is 13.1. The van der Waals surface area contributed by atoms with Crippen LogP contribution in [0.15, 0.2) is 6.33 Å². The first-order chi connectivity index (χ1) is 20.3. The van der Waals surface area contributed by atoms with Crippen LogP contribution in [0.25, 0.3) is 0 Å². The van der Waals surface area contributed by atoms with E-state index in [1.807, 2.05) is 0 Å². The molecule has 14 nitrogen and oxygen atoms in total. The van der Waals surface area contributed by atoms with Crippen molar-refractivity contribution in [2.75, 3.05) is 19.6 Å². The average molecular weight is 625 g/mol. The molecule has 0 spiro atoms. The van der Waals surface area contributed by atoms with E-state index in [-0.39, 0.29) is 17.8 Å². The second-order valence-corrected chi connectivity index (χ2v) is 13.4. The smallest absolute Gasteiger partial charge is 0.407 e. The van der Waals surface area contributed by atoms with Crippen LogP contribution >= 0.6 is 0 Å². The summed E-state index contributed by atoms with van der Waals surface area (Å²) >= 11 is 0. The van der Waals surface area contributed by atoms with E-state index in [1.165, 1.54) is 6.33 Å². The molecule has 0 radical (unpaired) electrons. The van der Waals surface area contributed by atoms with Gasteiger partial charge in [-0.2, -0.15) is 0 Å². The minimum atomic E-state index is -0.995. The number of hydrogen-bond acceptors (Lipinski definition) is 9. The van der Waals surface area contributed by atoms with Crippen LogP contribution in [0.1, 0.15) is 122 Å². The maximum Gasteiger partial charge on any atom is 0.407 e. The van der Waals surface area contributed by atoms with Crippen LogP contribution in [0, 0.1) is 0 Å². The molecule has 0 aromatic carbocycles. The van der Waals surface area contributed by atoms with Crippen molar-refractivity contribution in [3.63, 3.8) is 0 Å². The highest BCUT2D eigenvalue weighted by Gasteiger charge is 2.29. The fourth-order valence-electron chi connectivity index (χ4n) is 3.69. The molecule has 1 heterocycles. The Bertz CT molecular complexity index is 1100. The van der Waals surface area contributed by atoms with Gasteiger partial charge in [0, 0.05) is 19.6 Å². The first kappa shape index (κ1) is 38.2. The van der Waals surface area contributed by atoms with Crippen molar-refractivity contribution in [3.8, 4) is 0 Å². The lowest BCUT2D eigenvalue weighted by Gasteiger charge is -2.24. The molecule has 0 saturated carbocycles. The third-order valence-corrected chi connectivity index (χ3v) is 5.47. The lowest BCUT2D eigenvalue weighted by atomic mass is 10.1. The molecule has 0 bridgehead atoms. The van der Waals surface area contributed by atoms with Crippen LogP contribution < -0.4 is 21.3 Å². The Morgan fingerprint density at radius 1 is 0.682 bits per heavy atom. The molecule has 0 fully saturated rings. The quantitative estimate of drug-likeness (QED) is 0.109. The number of unbranched alkanes of at least 4 members (excludes halogenated alkanes) is 3. The summed E-state index contributed by atoms with van der Waals surface area (Å²) in [5, 5.41) is 10.7. The third-order valence-electron chi connectivity index (χ3n) is 5.47. The van der Waals surface area contributed by atoms with Gasteiger partial charge in [0.25, 0.3) is 11.8 Å². The average Bonchev–Trinajstić information content (AvgIpc) is 3.34. The zero-order valence-corrected chi connectivity index (χ0v) is 27.7. The van der Waals surface area contributed by atoms with Gasteiger partial charge in [-0.15, -0.1) is 0 Å². The summed E-state index contributed by atoms with van der Waals surface area (Å²) in [5.41, 5.74) is -2.12. The molecule has 5 N–H and O–H groups in total. The lowest BCUT2D eigenvalue weighted by Crippen LogP contribution is -2.45. The van der Waals surface area contributed by atoms with Crippen molar-refractivity contribution < 1.29 is 38.2 Å². The molecule has 0 aliphatic rings. The number of nitrogens with one attached hydrogen (secondary N) is 5. The molecule has 1 atom stereocenters. The van der Waals surface area contributed by atoms with Gasteiger partial charge in [-0.25, -0.2) is 19.4 Å². The summed E-state index contributed by atoms with van der Waals surface area (Å²) in [6.45, 7) is 17.0. The van der Waals surface area contributed by atoms with E-state index in [2.05, 4.69) is 31.2 Å². The van der Waals surface area contributed by atoms with Gasteiger partial charge in [0.15, 0.2) is 5.69 Å². The Morgan fingerprint density at radius 3 is 1.66 bits per heavy atom. The first-order valence-electron chi connectivity index (χ1n) is 15.1. The molecule has 14 heteroatoms. The second kappa shape index (κ2) is 17.5. The molecule has 1 aromatic heterocycles. The molecular weight excluding hydrogens is 572 g/mol. The summed E-state index contributed by atoms with van der Waals surface area (Å²) < 4.78 is 15.9. The Balaban J connectivity index is 2.62. The van der Waals surface area contributed by atoms with Crippen molar-refractivity contribution in [1.82, 2.24) is 31.2 Å². The third kappa shape index (κ3) is 17.3. The number of nitrogens with zero attached hydrogens (tertiary/aromatic N) is 1. The van der Waals surface area contributed by atoms with E-state index >= 15 is 0 Å². The lowest BCUT2D eigenvalue weighted by molar-refractivity contribution is -0.157. The van der Waals surface area contributed by atoms with Gasteiger partial charge in [-0.05, 0) is 101 Å². The van der Waals surface area contributed by atoms with E-state index in [0.717, 1.165) is 6.42 Å². The first-order valence-corrected chi connectivity index (χ1v) is 15.1. The second-order valence-electron chi connectivity index (χ2n) is 13.4. The van der Waals surface area contributed by atoms with E-state index in [1.54, 1.807) is 62.3 Å². The summed E-state index contributed by atoms with van der Waals surface area (Å²) in [7, 11) is 0. The van der Waals surface area contributed by atoms with Crippen molar-refractivity contribution in [2.24, 2.45) is 0 Å². The number of amides is 4. The topological polar surface area (TPSA) is 190 Å². The zero-order chi connectivity index (χ0) is 33.6. The summed E-state index contributed by atoms with van der Waals surface area (Å²) in [5.74, 6) is -1.83. The van der Waals surface area contributed by atoms with E-state index in [0.29, 0.717) is 45.3 Å². The standard InChI is InChI=1S/C30H52N6O8/c1-28(2,3)42-25(39)20(15-11-14-18-33-27(41)44-30(7,8)9)36-24(38)22-21(34-19-35-22)23(37)31-16-12-10-13-17-32-26(40)43-29(4,5)6/h19-20H,10-18H2,1-9H3,(H,31,37)(H,32,40)(H,33,41)(H,34,35)(H,36,38)/t20-/m0/s1. The summed E-state index contributed by atoms with van der Waals surface area (Å²) in [6, 6.07) is -0.995. The highest BCUT2D eigenvalue weighted by molar-refractivity contribution is 6.05. The number of imidazole rings is 1. The Labute approximate surface area is 260 Å². The Morgan fingerprint density at radius 2 is 1.16 bits per heavy atom. The van der Waals surface area contributed by atoms with E-state index in [4.69, 9.17) is 14.2 Å². The fourth-order valence-corrected chi connectivity index (χ4v) is 3.69. The van der Waals surface area contributed by atoms with Gasteiger partial charge in [-0.3, -0.25) is 9.59 Å². The minimum Gasteiger partial charge on any atom is -0.458 e. The molecule has 250 valence electrons. The largest absolute Gasteiger partial charge is 0.458 e. The number of aromatic amines is 1. The zero-order valence-electron chi connectivity index (χ0n) is 27.7. The van der Waals surface area contributed by atoms with E-state index < -0.39 is 52.8 Å². The van der Waals surface area contributed by atoms with Crippen molar-refractivity contribution in [2.45, 2.75) is 124 Å². The highest BCUT2D eigenvalue weighted by Crippen LogP contribution is 2.13. The molecule has 0 unspecified atom stereocenters. The summed E-state index contributed by atoms with van der Waals surface area (Å²) in [6.07, 6.45) is 3.59. The number of alkyl carbamates (subject to hydrolysis) is 2. The monoisotopic (exact) mass is 624 g/mol. The van der Waals surface area contributed by atoms with Crippen LogP contribution in [0.2, 0.25) is 0 Å². The van der Waals surface area contributed by atoms with Crippen LogP contribution in [0.4, 0.5) is 9.59 Å². The molecule has 1 rings (SSSR count). The van der Waals surface area contributed by atoms with Crippen molar-refractivity contribution in [1.29, 1.82) is 0 Å². The van der Waals surface area contributed by atoms with Gasteiger partial charge in [-0.1, -0.05) is 0 Å². The Hall–Kier alpha value is -3.84. The molecule has 1 aromatic rings. The normalized spacial score (nSPS) is 12.5. The number of H-pyrrole nitrogens is 1. The number of aromatic nitrogens is 2. The Kier molecular flexibility index (Phi) is 15.1. The predicted molar refractivity (Wildman–Crippen MR) is 164 cm³/mol. The van der Waals surface area contributed by atoms with Crippen molar-refractivity contribution in [3.05, 3.63) is 17.7 Å². The van der Waals surface area contributed by atoms with E-state index in [9.17, 15) is 24.0 Å². The number of esters is 1. The SMILES string of the molecule is CC(C)(C)OC(=O)NCCCCCNC(=O)c1[nH]cnc1C(=O)N[C@@H](CCCCNC(=O)OC(C)(C)C)C(=O)OC(C)(C)C. The molecule has 0 aliphatic heterocycles. The van der Waals surface area contributed by atoms with Gasteiger partial charge in [0.1, 0.15) is 28.5 Å². The number of ether oxygens (including phenoxy) is 3. The van der Waals surface area contributed by atoms with Crippen molar-refractivity contribution >= 4 is 30.0 Å². The van der Waals surface area contributed by atoms with Crippen LogP contribution in [0.5, 0.6) is 0 Å². The maximum atomic E-state index is 13.1. The van der Waals surface area contributed by atoms with Gasteiger partial charge >= 0.3 is 18.2 Å².